The number of hydrogen-bond acceptors (Lipinski definition) is 10. The van der Waals surface area contributed by atoms with E-state index in [-0.39, 0.29) is 69.0 Å². The van der Waals surface area contributed by atoms with Crippen LogP contribution in [0.4, 0.5) is 26.4 Å². The Morgan fingerprint density at radius 1 is 1.14 bits per heavy atom. The molecule has 0 aliphatic heterocycles. The van der Waals surface area contributed by atoms with Crippen molar-refractivity contribution in [3.63, 3.8) is 0 Å². The number of alkyl halides is 2. The minimum atomic E-state index is -3.81. The van der Waals surface area contributed by atoms with Gasteiger partial charge >= 0.3 is 0 Å². The summed E-state index contributed by atoms with van der Waals surface area (Å²) in [6, 6.07) is 11.3. The van der Waals surface area contributed by atoms with Gasteiger partial charge in [-0.3, -0.25) is 9.36 Å². The van der Waals surface area contributed by atoms with E-state index < -0.39 is 21.8 Å². The molecule has 0 unspecified atom stereocenters. The van der Waals surface area contributed by atoms with Gasteiger partial charge in [0.05, 0.1) is 21.5 Å². The molecule has 2 aromatic carbocycles. The maximum absolute atomic E-state index is 13.7. The summed E-state index contributed by atoms with van der Waals surface area (Å²) in [5.41, 5.74) is 10.5. The van der Waals surface area contributed by atoms with Gasteiger partial charge in [-0.25, -0.2) is 22.2 Å². The van der Waals surface area contributed by atoms with Gasteiger partial charge in [0.15, 0.2) is 15.7 Å². The fourth-order valence-electron chi connectivity index (χ4n) is 3.82. The number of fused-ring (bicyclic) bond motifs is 1. The average molecular weight is 527 g/mol. The van der Waals surface area contributed by atoms with Crippen LogP contribution in [0.2, 0.25) is 0 Å². The van der Waals surface area contributed by atoms with Crippen molar-refractivity contribution >= 4 is 38.3 Å². The molecule has 0 fully saturated rings. The predicted octanol–water partition coefficient (Wildman–Crippen LogP) is 2.21. The van der Waals surface area contributed by atoms with E-state index in [2.05, 4.69) is 20.3 Å². The molecule has 2 heterocycles. The Labute approximate surface area is 209 Å². The van der Waals surface area contributed by atoms with Gasteiger partial charge in [-0.15, -0.1) is 0 Å². The zero-order chi connectivity index (χ0) is 26.9. The lowest BCUT2D eigenvalue weighted by Gasteiger charge is -2.16. The highest BCUT2D eigenvalue weighted by atomic mass is 32.2. The molecular weight excluding hydrogens is 506 g/mol. The van der Waals surface area contributed by atoms with Crippen molar-refractivity contribution in [1.82, 2.24) is 19.5 Å². The van der Waals surface area contributed by atoms with Crippen molar-refractivity contribution in [2.75, 3.05) is 29.6 Å². The zero-order valence-corrected chi connectivity index (χ0v) is 20.1. The number of nitrogen functional groups attached to an aromatic ring is 2. The molecule has 0 amide bonds. The molecule has 0 atom stereocenters. The monoisotopic (exact) mass is 526 g/mol. The van der Waals surface area contributed by atoms with Gasteiger partial charge in [-0.05, 0) is 24.3 Å². The van der Waals surface area contributed by atoms with Gasteiger partial charge in [0, 0.05) is 24.8 Å². The van der Waals surface area contributed by atoms with Crippen molar-refractivity contribution in [2.45, 2.75) is 17.7 Å². The number of halogens is 2. The van der Waals surface area contributed by atoms with Crippen LogP contribution in [0.25, 0.3) is 16.6 Å². The van der Waals surface area contributed by atoms with Crippen molar-refractivity contribution in [3.05, 3.63) is 69.8 Å². The minimum absolute atomic E-state index is 0.0273. The van der Waals surface area contributed by atoms with Crippen LogP contribution in [-0.4, -0.2) is 40.7 Å². The molecule has 0 bridgehead atoms. The third-order valence-corrected chi connectivity index (χ3v) is 6.55. The molecule has 4 rings (SSSR count). The molecule has 4 aromatic rings. The number of nitrogens with zero attached hydrogens (tertiary/aromatic N) is 5. The van der Waals surface area contributed by atoms with Gasteiger partial charge < -0.3 is 16.8 Å². The number of nitrogens with two attached hydrogens (primary N) is 2. The highest BCUT2D eigenvalue weighted by Crippen LogP contribution is 2.24. The summed E-state index contributed by atoms with van der Waals surface area (Å²) in [5, 5.41) is 12.1. The molecule has 190 valence electrons. The van der Waals surface area contributed by atoms with E-state index in [0.29, 0.717) is 0 Å². The number of anilines is 3. The van der Waals surface area contributed by atoms with E-state index in [0.717, 1.165) is 16.9 Å². The Morgan fingerprint density at radius 3 is 2.54 bits per heavy atom. The summed E-state index contributed by atoms with van der Waals surface area (Å²) >= 11 is 0. The number of benzene rings is 2. The predicted molar refractivity (Wildman–Crippen MR) is 133 cm³/mol. The van der Waals surface area contributed by atoms with Gasteiger partial charge in [0.25, 0.3) is 12.0 Å². The second kappa shape index (κ2) is 9.78. The maximum Gasteiger partial charge on any atom is 0.267 e. The van der Waals surface area contributed by atoms with E-state index in [1.165, 1.54) is 36.4 Å². The van der Waals surface area contributed by atoms with Crippen molar-refractivity contribution < 1.29 is 17.2 Å². The molecule has 11 nitrogen and oxygen atoms in total. The Balaban J connectivity index is 1.87. The molecule has 0 radical (unpaired) electrons. The molecule has 5 N–H and O–H groups in total. The standard InChI is InChI=1S/C23H20F2N8O3S/c1-37(35,36)16-7-3-6-15-18(16)22(34)33(13-5-2-4-12(10-13)19(24)25)17(30-15)8-9-29-21-14(11-26)20(27)31-23(28)32-21/h2-7,10,19H,8-9H2,1H3,(H5,27,28,29,31,32). The van der Waals surface area contributed by atoms with Gasteiger partial charge in [-0.1, -0.05) is 18.2 Å². The van der Waals surface area contributed by atoms with Gasteiger partial charge in [-0.2, -0.15) is 15.2 Å². The first-order valence-corrected chi connectivity index (χ1v) is 12.6. The number of rotatable bonds is 7. The summed E-state index contributed by atoms with van der Waals surface area (Å²) in [4.78, 5) is 25.6. The lowest BCUT2D eigenvalue weighted by Crippen LogP contribution is -2.27. The first-order valence-electron chi connectivity index (χ1n) is 10.7. The fourth-order valence-corrected chi connectivity index (χ4v) is 4.70. The number of nitriles is 1. The largest absolute Gasteiger partial charge is 0.382 e. The van der Waals surface area contributed by atoms with E-state index in [9.17, 15) is 27.3 Å². The SMILES string of the molecule is CS(=O)(=O)c1cccc2nc(CCNc3nc(N)nc(N)c3C#N)n(-c3cccc(C(F)F)c3)c(=O)c12. The number of aromatic nitrogens is 4. The van der Waals surface area contributed by atoms with Crippen molar-refractivity contribution in [3.8, 4) is 11.8 Å². The molecule has 37 heavy (non-hydrogen) atoms. The highest BCUT2D eigenvalue weighted by Gasteiger charge is 2.21. The molecule has 14 heteroatoms. The number of nitrogens with one attached hydrogen (secondary N) is 1. The summed E-state index contributed by atoms with van der Waals surface area (Å²) < 4.78 is 52.7. The minimum Gasteiger partial charge on any atom is -0.382 e. The van der Waals surface area contributed by atoms with Crippen molar-refractivity contribution in [1.29, 1.82) is 5.26 Å². The van der Waals surface area contributed by atoms with E-state index in [4.69, 9.17) is 11.5 Å². The lowest BCUT2D eigenvalue weighted by molar-refractivity contribution is 0.151. The zero-order valence-electron chi connectivity index (χ0n) is 19.3. The van der Waals surface area contributed by atoms with Crippen LogP contribution in [0, 0.1) is 11.3 Å². The summed E-state index contributed by atoms with van der Waals surface area (Å²) in [6.07, 6.45) is -1.78. The van der Waals surface area contributed by atoms with Gasteiger partial charge in [0.2, 0.25) is 5.95 Å². The smallest absolute Gasteiger partial charge is 0.267 e. The number of sulfone groups is 1. The molecule has 0 aliphatic carbocycles. The van der Waals surface area contributed by atoms with Crippen molar-refractivity contribution in [2.24, 2.45) is 0 Å². The summed E-state index contributed by atoms with van der Waals surface area (Å²) in [5.74, 6) is -0.0518. The second-order valence-corrected chi connectivity index (χ2v) is 9.95. The average Bonchev–Trinajstić information content (AvgIpc) is 2.83. The second-order valence-electron chi connectivity index (χ2n) is 7.97. The topological polar surface area (TPSA) is 183 Å². The quantitative estimate of drug-likeness (QED) is 0.323. The van der Waals surface area contributed by atoms with Crippen LogP contribution in [0.15, 0.2) is 52.2 Å². The first-order chi connectivity index (χ1) is 17.5. The third-order valence-electron chi connectivity index (χ3n) is 5.42. The molecule has 0 saturated heterocycles. The molecule has 0 saturated carbocycles. The normalized spacial score (nSPS) is 11.5. The van der Waals surface area contributed by atoms with Crippen LogP contribution < -0.4 is 22.3 Å². The first kappa shape index (κ1) is 25.5. The molecule has 0 spiro atoms. The van der Waals surface area contributed by atoms with Crippen LogP contribution in [0.5, 0.6) is 0 Å². The van der Waals surface area contributed by atoms with Crippen LogP contribution >= 0.6 is 0 Å². The molecule has 2 aromatic heterocycles. The van der Waals surface area contributed by atoms with E-state index in [1.807, 2.05) is 6.07 Å². The Bertz CT molecular complexity index is 1730. The molecule has 0 aliphatic rings. The fraction of sp³-hybridized carbons (Fsp3) is 0.174. The Hall–Kier alpha value is -4.64. The molecular formula is C23H20F2N8O3S. The van der Waals surface area contributed by atoms with Crippen LogP contribution in [-0.2, 0) is 16.3 Å². The third kappa shape index (κ3) is 5.02. The number of hydrogen-bond donors (Lipinski definition) is 3. The van der Waals surface area contributed by atoms with E-state index >= 15 is 0 Å². The van der Waals surface area contributed by atoms with E-state index in [1.54, 1.807) is 0 Å². The van der Waals surface area contributed by atoms with Crippen LogP contribution in [0.1, 0.15) is 23.4 Å². The summed E-state index contributed by atoms with van der Waals surface area (Å²) in [7, 11) is -3.81. The lowest BCUT2D eigenvalue weighted by atomic mass is 10.1. The Kier molecular flexibility index (Phi) is 6.73. The van der Waals surface area contributed by atoms with Gasteiger partial charge in [0.1, 0.15) is 23.3 Å². The summed E-state index contributed by atoms with van der Waals surface area (Å²) in [6.45, 7) is 0.0722. The highest BCUT2D eigenvalue weighted by molar-refractivity contribution is 7.91. The Morgan fingerprint density at radius 2 is 1.86 bits per heavy atom. The van der Waals surface area contributed by atoms with Crippen LogP contribution in [0.3, 0.4) is 0 Å². The maximum atomic E-state index is 13.7.